The third kappa shape index (κ3) is 6.44. The number of nitrogens with zero attached hydrogens (tertiary/aromatic N) is 2. The predicted octanol–water partition coefficient (Wildman–Crippen LogP) is 3.13. The van der Waals surface area contributed by atoms with E-state index >= 15 is 0 Å². The number of hydrogen-bond donors (Lipinski definition) is 0. The van der Waals surface area contributed by atoms with Gasteiger partial charge in [-0.25, -0.2) is 0 Å². The van der Waals surface area contributed by atoms with Gasteiger partial charge in [0.25, 0.3) is 0 Å². The van der Waals surface area contributed by atoms with Crippen LogP contribution in [0.1, 0.15) is 24.5 Å². The molecule has 5 heteroatoms. The first-order valence-corrected chi connectivity index (χ1v) is 9.16. The Hall–Kier alpha value is -2.82. The molecular weight excluding hydrogens is 340 g/mol. The maximum absolute atomic E-state index is 12.4. The van der Waals surface area contributed by atoms with Crippen molar-refractivity contribution in [1.29, 1.82) is 0 Å². The van der Waals surface area contributed by atoms with E-state index in [9.17, 15) is 9.59 Å². The molecule has 0 N–H and O–H groups in total. The van der Waals surface area contributed by atoms with Crippen LogP contribution in [0.25, 0.3) is 0 Å². The topological polar surface area (TPSA) is 49.9 Å². The Balaban J connectivity index is 1.86. The average molecular weight is 368 g/mol. The van der Waals surface area contributed by atoms with Crippen LogP contribution in [0.2, 0.25) is 0 Å². The van der Waals surface area contributed by atoms with Crippen molar-refractivity contribution >= 4 is 11.8 Å². The highest BCUT2D eigenvalue weighted by atomic mass is 16.5. The van der Waals surface area contributed by atoms with Crippen LogP contribution in [0.5, 0.6) is 5.75 Å². The van der Waals surface area contributed by atoms with Gasteiger partial charge in [0, 0.05) is 40.0 Å². The van der Waals surface area contributed by atoms with Gasteiger partial charge >= 0.3 is 0 Å². The highest BCUT2D eigenvalue weighted by Crippen LogP contribution is 2.18. The molecule has 0 atom stereocenters. The zero-order valence-electron chi connectivity index (χ0n) is 16.4. The van der Waals surface area contributed by atoms with Gasteiger partial charge in [0.1, 0.15) is 5.75 Å². The van der Waals surface area contributed by atoms with Crippen molar-refractivity contribution in [2.24, 2.45) is 0 Å². The van der Waals surface area contributed by atoms with Crippen molar-refractivity contribution in [1.82, 2.24) is 9.80 Å². The standard InChI is InChI=1S/C22H28N2O3/c1-18(25)24(15-13-20-11-7-8-12-21(20)27-3)16-14-22(26)23(2)17-19-9-5-4-6-10-19/h4-12H,13-17H2,1-3H3. The molecule has 27 heavy (non-hydrogen) atoms. The first-order valence-electron chi connectivity index (χ1n) is 9.16. The lowest BCUT2D eigenvalue weighted by molar-refractivity contribution is -0.133. The van der Waals surface area contributed by atoms with Crippen LogP contribution in [-0.4, -0.2) is 48.9 Å². The fourth-order valence-electron chi connectivity index (χ4n) is 2.96. The number of carbonyl (C=O) groups is 2. The van der Waals surface area contributed by atoms with Gasteiger partial charge in [0.2, 0.25) is 11.8 Å². The lowest BCUT2D eigenvalue weighted by atomic mass is 10.1. The van der Waals surface area contributed by atoms with Gasteiger partial charge < -0.3 is 14.5 Å². The molecule has 2 aromatic carbocycles. The molecule has 0 saturated heterocycles. The largest absolute Gasteiger partial charge is 0.496 e. The molecular formula is C22H28N2O3. The zero-order valence-corrected chi connectivity index (χ0v) is 16.4. The fraction of sp³-hybridized carbons (Fsp3) is 0.364. The predicted molar refractivity (Wildman–Crippen MR) is 106 cm³/mol. The Bertz CT molecular complexity index is 746. The Kier molecular flexibility index (Phi) is 7.86. The summed E-state index contributed by atoms with van der Waals surface area (Å²) >= 11 is 0. The molecule has 2 amide bonds. The second kappa shape index (κ2) is 10.4. The van der Waals surface area contributed by atoms with E-state index in [2.05, 4.69) is 0 Å². The maximum atomic E-state index is 12.4. The second-order valence-electron chi connectivity index (χ2n) is 6.55. The van der Waals surface area contributed by atoms with Crippen molar-refractivity contribution in [2.45, 2.75) is 26.3 Å². The summed E-state index contributed by atoms with van der Waals surface area (Å²) in [6, 6.07) is 17.7. The molecule has 0 fully saturated rings. The third-order valence-corrected chi connectivity index (χ3v) is 4.57. The van der Waals surface area contributed by atoms with Crippen LogP contribution in [0, 0.1) is 0 Å². The van der Waals surface area contributed by atoms with Crippen LogP contribution < -0.4 is 4.74 Å². The van der Waals surface area contributed by atoms with Crippen molar-refractivity contribution < 1.29 is 14.3 Å². The second-order valence-corrected chi connectivity index (χ2v) is 6.55. The molecule has 0 bridgehead atoms. The summed E-state index contributed by atoms with van der Waals surface area (Å²) in [5.41, 5.74) is 2.15. The minimum Gasteiger partial charge on any atom is -0.496 e. The quantitative estimate of drug-likeness (QED) is 0.683. The highest BCUT2D eigenvalue weighted by Gasteiger charge is 2.15. The molecule has 0 heterocycles. The van der Waals surface area contributed by atoms with E-state index in [-0.39, 0.29) is 11.8 Å². The number of amides is 2. The van der Waals surface area contributed by atoms with Crippen LogP contribution in [0.4, 0.5) is 0 Å². The molecule has 0 unspecified atom stereocenters. The number of carbonyl (C=O) groups excluding carboxylic acids is 2. The van der Waals surface area contributed by atoms with Crippen molar-refractivity contribution in [2.75, 3.05) is 27.2 Å². The highest BCUT2D eigenvalue weighted by molar-refractivity contribution is 5.78. The molecule has 0 aromatic heterocycles. The summed E-state index contributed by atoms with van der Waals surface area (Å²) in [6.45, 7) is 3.09. The minimum absolute atomic E-state index is 0.0246. The van der Waals surface area contributed by atoms with E-state index in [1.54, 1.807) is 30.9 Å². The zero-order chi connectivity index (χ0) is 19.6. The van der Waals surface area contributed by atoms with E-state index in [0.29, 0.717) is 32.5 Å². The summed E-state index contributed by atoms with van der Waals surface area (Å²) in [5.74, 6) is 0.825. The Labute approximate surface area is 161 Å². The average Bonchev–Trinajstić information content (AvgIpc) is 2.68. The minimum atomic E-state index is -0.0246. The molecule has 2 rings (SSSR count). The van der Waals surface area contributed by atoms with Crippen molar-refractivity contribution in [3.05, 3.63) is 65.7 Å². The van der Waals surface area contributed by atoms with E-state index in [1.165, 1.54) is 0 Å². The molecule has 0 saturated carbocycles. The Morgan fingerprint density at radius 1 is 0.963 bits per heavy atom. The molecule has 5 nitrogen and oxygen atoms in total. The van der Waals surface area contributed by atoms with Gasteiger partial charge in [-0.1, -0.05) is 48.5 Å². The summed E-state index contributed by atoms with van der Waals surface area (Å²) in [4.78, 5) is 27.8. The van der Waals surface area contributed by atoms with E-state index in [4.69, 9.17) is 4.74 Å². The third-order valence-electron chi connectivity index (χ3n) is 4.57. The molecule has 0 aliphatic rings. The van der Waals surface area contributed by atoms with Gasteiger partial charge in [-0.15, -0.1) is 0 Å². The number of methoxy groups -OCH3 is 1. The van der Waals surface area contributed by atoms with Crippen LogP contribution in [0.3, 0.4) is 0 Å². The first-order chi connectivity index (χ1) is 13.0. The number of rotatable bonds is 9. The van der Waals surface area contributed by atoms with Crippen LogP contribution >= 0.6 is 0 Å². The maximum Gasteiger partial charge on any atom is 0.224 e. The summed E-state index contributed by atoms with van der Waals surface area (Å²) in [5, 5.41) is 0. The van der Waals surface area contributed by atoms with E-state index in [0.717, 1.165) is 16.9 Å². The normalized spacial score (nSPS) is 10.3. The lowest BCUT2D eigenvalue weighted by Crippen LogP contribution is -2.35. The fourth-order valence-corrected chi connectivity index (χ4v) is 2.96. The van der Waals surface area contributed by atoms with Gasteiger partial charge in [-0.3, -0.25) is 9.59 Å². The molecule has 144 valence electrons. The van der Waals surface area contributed by atoms with Crippen molar-refractivity contribution in [3.8, 4) is 5.75 Å². The monoisotopic (exact) mass is 368 g/mol. The lowest BCUT2D eigenvalue weighted by Gasteiger charge is -2.23. The first kappa shape index (κ1) is 20.5. The number of ether oxygens (including phenoxy) is 1. The molecule has 0 radical (unpaired) electrons. The van der Waals surface area contributed by atoms with E-state index in [1.807, 2.05) is 54.6 Å². The van der Waals surface area contributed by atoms with E-state index < -0.39 is 0 Å². The smallest absolute Gasteiger partial charge is 0.224 e. The SMILES string of the molecule is COc1ccccc1CCN(CCC(=O)N(C)Cc1ccccc1)C(C)=O. The summed E-state index contributed by atoms with van der Waals surface area (Å²) < 4.78 is 5.36. The van der Waals surface area contributed by atoms with Gasteiger partial charge in [0.05, 0.1) is 7.11 Å². The van der Waals surface area contributed by atoms with Gasteiger partial charge in [0.15, 0.2) is 0 Å². The number of benzene rings is 2. The van der Waals surface area contributed by atoms with Crippen molar-refractivity contribution in [3.63, 3.8) is 0 Å². The summed E-state index contributed by atoms with van der Waals surface area (Å²) in [6.07, 6.45) is 1.01. The Morgan fingerprint density at radius 2 is 1.63 bits per heavy atom. The van der Waals surface area contributed by atoms with Gasteiger partial charge in [-0.2, -0.15) is 0 Å². The molecule has 0 aliphatic heterocycles. The number of para-hydroxylation sites is 1. The molecule has 0 spiro atoms. The summed E-state index contributed by atoms with van der Waals surface area (Å²) in [7, 11) is 3.44. The van der Waals surface area contributed by atoms with Crippen LogP contribution in [0.15, 0.2) is 54.6 Å². The molecule has 2 aromatic rings. The molecule has 0 aliphatic carbocycles. The van der Waals surface area contributed by atoms with Crippen LogP contribution in [-0.2, 0) is 22.6 Å². The van der Waals surface area contributed by atoms with Gasteiger partial charge in [-0.05, 0) is 23.6 Å². The number of hydrogen-bond acceptors (Lipinski definition) is 3. The Morgan fingerprint density at radius 3 is 2.30 bits per heavy atom.